The standard InChI is InChI=1S/C17H16FNO/c18-16-9-5-4-8-13(16)14-10-15(14)17(20)19-11-12-6-2-1-3-7-12/h1-9,14-15H,10-11H2,(H,19,20). The van der Waals surface area contributed by atoms with E-state index < -0.39 is 0 Å². The smallest absolute Gasteiger partial charge is 0.224 e. The molecular weight excluding hydrogens is 253 g/mol. The van der Waals surface area contributed by atoms with Crippen molar-refractivity contribution in [1.29, 1.82) is 0 Å². The summed E-state index contributed by atoms with van der Waals surface area (Å²) in [5.74, 6) is -0.249. The molecule has 0 spiro atoms. The monoisotopic (exact) mass is 269 g/mol. The maximum Gasteiger partial charge on any atom is 0.224 e. The molecule has 2 aromatic carbocycles. The third-order valence-electron chi connectivity index (χ3n) is 3.74. The number of hydrogen-bond acceptors (Lipinski definition) is 1. The molecule has 1 aliphatic rings. The van der Waals surface area contributed by atoms with Crippen LogP contribution in [0.15, 0.2) is 54.6 Å². The first kappa shape index (κ1) is 12.9. The third-order valence-corrected chi connectivity index (χ3v) is 3.74. The molecule has 1 aliphatic carbocycles. The van der Waals surface area contributed by atoms with Crippen LogP contribution < -0.4 is 5.32 Å². The predicted molar refractivity (Wildman–Crippen MR) is 75.5 cm³/mol. The highest BCUT2D eigenvalue weighted by atomic mass is 19.1. The molecule has 1 saturated carbocycles. The van der Waals surface area contributed by atoms with E-state index in [9.17, 15) is 9.18 Å². The Labute approximate surface area is 117 Å². The molecule has 2 aromatic rings. The van der Waals surface area contributed by atoms with Crippen LogP contribution in [0.25, 0.3) is 0 Å². The van der Waals surface area contributed by atoms with Crippen LogP contribution in [0.3, 0.4) is 0 Å². The average Bonchev–Trinajstić information content (AvgIpc) is 3.27. The molecule has 0 aromatic heterocycles. The molecule has 3 heteroatoms. The Morgan fingerprint density at radius 2 is 1.80 bits per heavy atom. The molecule has 3 rings (SSSR count). The quantitative estimate of drug-likeness (QED) is 0.907. The van der Waals surface area contributed by atoms with Gasteiger partial charge in [-0.25, -0.2) is 4.39 Å². The topological polar surface area (TPSA) is 29.1 Å². The lowest BCUT2D eigenvalue weighted by Crippen LogP contribution is -2.24. The summed E-state index contributed by atoms with van der Waals surface area (Å²) in [6.07, 6.45) is 0.738. The number of rotatable bonds is 4. The molecule has 0 radical (unpaired) electrons. The zero-order valence-electron chi connectivity index (χ0n) is 11.1. The summed E-state index contributed by atoms with van der Waals surface area (Å²) < 4.78 is 13.6. The molecule has 0 saturated heterocycles. The number of carbonyl (C=O) groups is 1. The molecular formula is C17H16FNO. The fraction of sp³-hybridized carbons (Fsp3) is 0.235. The molecule has 2 unspecified atom stereocenters. The Morgan fingerprint density at radius 1 is 1.10 bits per heavy atom. The van der Waals surface area contributed by atoms with E-state index in [4.69, 9.17) is 0 Å². The van der Waals surface area contributed by atoms with Crippen LogP contribution >= 0.6 is 0 Å². The summed E-state index contributed by atoms with van der Waals surface area (Å²) in [6.45, 7) is 0.528. The Kier molecular flexibility index (Phi) is 3.50. The van der Waals surface area contributed by atoms with E-state index in [1.807, 2.05) is 36.4 Å². The lowest BCUT2D eigenvalue weighted by Gasteiger charge is -2.05. The second-order valence-electron chi connectivity index (χ2n) is 5.17. The molecule has 0 bridgehead atoms. The second-order valence-corrected chi connectivity index (χ2v) is 5.17. The first-order valence-corrected chi connectivity index (χ1v) is 6.82. The SMILES string of the molecule is O=C(NCc1ccccc1)C1CC1c1ccccc1F. The highest BCUT2D eigenvalue weighted by molar-refractivity contribution is 5.82. The van der Waals surface area contributed by atoms with Gasteiger partial charge in [0.2, 0.25) is 5.91 Å². The number of amides is 1. The summed E-state index contributed by atoms with van der Waals surface area (Å²) in [4.78, 5) is 12.0. The van der Waals surface area contributed by atoms with Crippen molar-refractivity contribution in [2.75, 3.05) is 0 Å². The maximum atomic E-state index is 13.6. The minimum absolute atomic E-state index is 0.0158. The fourth-order valence-corrected chi connectivity index (χ4v) is 2.52. The van der Waals surface area contributed by atoms with Gasteiger partial charge >= 0.3 is 0 Å². The number of benzene rings is 2. The Bertz CT molecular complexity index is 611. The Balaban J connectivity index is 1.57. The van der Waals surface area contributed by atoms with Crippen molar-refractivity contribution in [3.63, 3.8) is 0 Å². The van der Waals surface area contributed by atoms with Crippen molar-refractivity contribution < 1.29 is 9.18 Å². The Hall–Kier alpha value is -2.16. The molecule has 0 aliphatic heterocycles. The van der Waals surface area contributed by atoms with Gasteiger partial charge in [0.25, 0.3) is 0 Å². The van der Waals surface area contributed by atoms with Gasteiger partial charge in [-0.3, -0.25) is 4.79 Å². The number of nitrogens with one attached hydrogen (secondary N) is 1. The minimum atomic E-state index is -0.212. The third kappa shape index (κ3) is 2.72. The van der Waals surface area contributed by atoms with Crippen molar-refractivity contribution in [3.05, 3.63) is 71.5 Å². The van der Waals surface area contributed by atoms with Gasteiger partial charge in [-0.15, -0.1) is 0 Å². The molecule has 2 nitrogen and oxygen atoms in total. The predicted octanol–water partition coefficient (Wildman–Crippen LogP) is 3.25. The Morgan fingerprint density at radius 3 is 2.55 bits per heavy atom. The summed E-state index contributed by atoms with van der Waals surface area (Å²) >= 11 is 0. The van der Waals surface area contributed by atoms with Crippen LogP contribution in [0.1, 0.15) is 23.5 Å². The van der Waals surface area contributed by atoms with Crippen molar-refractivity contribution in [2.24, 2.45) is 5.92 Å². The van der Waals surface area contributed by atoms with Gasteiger partial charge in [0.05, 0.1) is 0 Å². The van der Waals surface area contributed by atoms with Gasteiger partial charge in [0.15, 0.2) is 0 Å². The van der Waals surface area contributed by atoms with Gasteiger partial charge in [-0.1, -0.05) is 48.5 Å². The van der Waals surface area contributed by atoms with E-state index in [1.165, 1.54) is 6.07 Å². The van der Waals surface area contributed by atoms with Crippen LogP contribution in [-0.2, 0) is 11.3 Å². The number of carbonyl (C=O) groups excluding carboxylic acids is 1. The van der Waals surface area contributed by atoms with Crippen LogP contribution in [0.4, 0.5) is 4.39 Å². The van der Waals surface area contributed by atoms with Crippen molar-refractivity contribution >= 4 is 5.91 Å². The lowest BCUT2D eigenvalue weighted by molar-refractivity contribution is -0.122. The van der Waals surface area contributed by atoms with Gasteiger partial charge in [0.1, 0.15) is 5.82 Å². The summed E-state index contributed by atoms with van der Waals surface area (Å²) in [6, 6.07) is 16.5. The van der Waals surface area contributed by atoms with Crippen LogP contribution in [-0.4, -0.2) is 5.91 Å². The molecule has 2 atom stereocenters. The fourth-order valence-electron chi connectivity index (χ4n) is 2.52. The van der Waals surface area contributed by atoms with Gasteiger partial charge < -0.3 is 5.32 Å². The van der Waals surface area contributed by atoms with E-state index in [2.05, 4.69) is 5.32 Å². The lowest BCUT2D eigenvalue weighted by atomic mass is 10.1. The average molecular weight is 269 g/mol. The molecule has 1 amide bonds. The number of halogens is 1. The van der Waals surface area contributed by atoms with Crippen LogP contribution in [0, 0.1) is 11.7 Å². The van der Waals surface area contributed by atoms with E-state index in [0.29, 0.717) is 12.1 Å². The zero-order valence-corrected chi connectivity index (χ0v) is 11.1. The molecule has 1 N–H and O–H groups in total. The highest BCUT2D eigenvalue weighted by Crippen LogP contribution is 2.48. The largest absolute Gasteiger partial charge is 0.352 e. The normalized spacial score (nSPS) is 20.4. The number of hydrogen-bond donors (Lipinski definition) is 1. The minimum Gasteiger partial charge on any atom is -0.352 e. The second kappa shape index (κ2) is 5.45. The van der Waals surface area contributed by atoms with E-state index in [-0.39, 0.29) is 23.6 Å². The first-order chi connectivity index (χ1) is 9.75. The summed E-state index contributed by atoms with van der Waals surface area (Å²) in [7, 11) is 0. The van der Waals surface area contributed by atoms with E-state index in [1.54, 1.807) is 12.1 Å². The summed E-state index contributed by atoms with van der Waals surface area (Å²) in [5, 5.41) is 2.92. The highest BCUT2D eigenvalue weighted by Gasteiger charge is 2.44. The summed E-state index contributed by atoms with van der Waals surface area (Å²) in [5.41, 5.74) is 1.73. The molecule has 102 valence electrons. The maximum absolute atomic E-state index is 13.6. The van der Waals surface area contributed by atoms with Crippen molar-refractivity contribution in [2.45, 2.75) is 18.9 Å². The van der Waals surface area contributed by atoms with Crippen LogP contribution in [0.2, 0.25) is 0 Å². The van der Waals surface area contributed by atoms with E-state index >= 15 is 0 Å². The molecule has 0 heterocycles. The zero-order chi connectivity index (χ0) is 13.9. The van der Waals surface area contributed by atoms with Gasteiger partial charge in [0, 0.05) is 12.5 Å². The van der Waals surface area contributed by atoms with Crippen molar-refractivity contribution in [1.82, 2.24) is 5.32 Å². The van der Waals surface area contributed by atoms with Crippen LogP contribution in [0.5, 0.6) is 0 Å². The molecule has 20 heavy (non-hydrogen) atoms. The van der Waals surface area contributed by atoms with Gasteiger partial charge in [-0.05, 0) is 29.5 Å². The van der Waals surface area contributed by atoms with Crippen molar-refractivity contribution in [3.8, 4) is 0 Å². The molecule has 1 fully saturated rings. The van der Waals surface area contributed by atoms with Gasteiger partial charge in [-0.2, -0.15) is 0 Å². The first-order valence-electron chi connectivity index (χ1n) is 6.82. The van der Waals surface area contributed by atoms with E-state index in [0.717, 1.165) is 12.0 Å².